The fourth-order valence-electron chi connectivity index (χ4n) is 3.30. The molecular weight excluding hydrogens is 300 g/mol. The van der Waals surface area contributed by atoms with Crippen LogP contribution in [0.25, 0.3) is 10.8 Å². The van der Waals surface area contributed by atoms with Gasteiger partial charge in [0.1, 0.15) is 0 Å². The average Bonchev–Trinajstić information content (AvgIpc) is 2.45. The zero-order valence-electron chi connectivity index (χ0n) is 12.1. The van der Waals surface area contributed by atoms with Crippen molar-refractivity contribution in [3.8, 4) is 0 Å². The van der Waals surface area contributed by atoms with E-state index >= 15 is 0 Å². The van der Waals surface area contributed by atoms with Crippen molar-refractivity contribution in [3.63, 3.8) is 0 Å². The second-order valence-corrected chi connectivity index (χ2v) is 6.57. The number of hydrogen-bond donors (Lipinski definition) is 1. The predicted molar refractivity (Wildman–Crippen MR) is 85.9 cm³/mol. The number of amides is 1. The number of ether oxygens (including phenoxy) is 1. The molecule has 0 atom stereocenters. The number of nitrogens with zero attached hydrogens (tertiary/aromatic N) is 1. The lowest BCUT2D eigenvalue weighted by Gasteiger charge is -2.52. The minimum absolute atomic E-state index is 0.0582. The van der Waals surface area contributed by atoms with Gasteiger partial charge in [-0.15, -0.1) is 0 Å². The first kappa shape index (κ1) is 14.0. The van der Waals surface area contributed by atoms with Crippen LogP contribution in [-0.4, -0.2) is 42.6 Å². The summed E-state index contributed by atoms with van der Waals surface area (Å²) in [4.78, 5) is 14.0. The van der Waals surface area contributed by atoms with Crippen LogP contribution in [0.2, 0.25) is 5.02 Å². The Bertz CT molecular complexity index is 743. The van der Waals surface area contributed by atoms with Crippen LogP contribution in [0.1, 0.15) is 5.56 Å². The van der Waals surface area contributed by atoms with E-state index in [4.69, 9.17) is 16.3 Å². The lowest BCUT2D eigenvalue weighted by atomic mass is 9.91. The van der Waals surface area contributed by atoms with Gasteiger partial charge in [0, 0.05) is 18.1 Å². The van der Waals surface area contributed by atoms with E-state index in [2.05, 4.69) is 22.3 Å². The van der Waals surface area contributed by atoms with Crippen molar-refractivity contribution in [2.45, 2.75) is 12.1 Å². The molecule has 22 heavy (non-hydrogen) atoms. The molecule has 2 saturated heterocycles. The minimum atomic E-state index is -0.0582. The summed E-state index contributed by atoms with van der Waals surface area (Å²) in [6.45, 7) is 3.12. The molecule has 2 heterocycles. The standard InChI is InChI=1S/C17H17ClN2O2/c18-14-5-12-3-1-2-4-15(12)13(6-14)7-20-8-16(21)19-9-17(20)10-22-11-17/h1-6H,7-11H2,(H,19,21). The highest BCUT2D eigenvalue weighted by Gasteiger charge is 2.47. The number of carbonyl (C=O) groups excluding carboxylic acids is 1. The molecule has 0 unspecified atom stereocenters. The van der Waals surface area contributed by atoms with Crippen molar-refractivity contribution in [1.82, 2.24) is 10.2 Å². The second kappa shape index (κ2) is 5.23. The molecule has 0 aromatic heterocycles. The first-order valence-electron chi connectivity index (χ1n) is 7.43. The number of halogens is 1. The van der Waals surface area contributed by atoms with Gasteiger partial charge in [-0.2, -0.15) is 0 Å². The summed E-state index contributed by atoms with van der Waals surface area (Å²) < 4.78 is 5.41. The zero-order chi connectivity index (χ0) is 15.2. The van der Waals surface area contributed by atoms with Crippen LogP contribution in [0, 0.1) is 0 Å². The van der Waals surface area contributed by atoms with Crippen molar-refractivity contribution in [2.75, 3.05) is 26.3 Å². The van der Waals surface area contributed by atoms with Gasteiger partial charge in [-0.05, 0) is 28.5 Å². The Balaban J connectivity index is 1.71. The summed E-state index contributed by atoms with van der Waals surface area (Å²) in [5, 5.41) is 6.00. The summed E-state index contributed by atoms with van der Waals surface area (Å²) in [6, 6.07) is 12.2. The van der Waals surface area contributed by atoms with E-state index < -0.39 is 0 Å². The summed E-state index contributed by atoms with van der Waals surface area (Å²) in [7, 11) is 0. The van der Waals surface area contributed by atoms with E-state index in [0.29, 0.717) is 32.8 Å². The molecule has 0 aliphatic carbocycles. The number of benzene rings is 2. The van der Waals surface area contributed by atoms with Crippen LogP contribution in [0.3, 0.4) is 0 Å². The predicted octanol–water partition coefficient (Wildman–Crippen LogP) is 2.19. The molecule has 114 valence electrons. The largest absolute Gasteiger partial charge is 0.377 e. The third-order valence-electron chi connectivity index (χ3n) is 4.63. The molecule has 5 heteroatoms. The highest BCUT2D eigenvalue weighted by Crippen LogP contribution is 2.31. The van der Waals surface area contributed by atoms with Crippen LogP contribution in [-0.2, 0) is 16.1 Å². The van der Waals surface area contributed by atoms with Gasteiger partial charge in [-0.25, -0.2) is 0 Å². The Labute approximate surface area is 134 Å². The first-order chi connectivity index (χ1) is 10.7. The maximum Gasteiger partial charge on any atom is 0.234 e. The number of nitrogens with one attached hydrogen (secondary N) is 1. The van der Waals surface area contributed by atoms with Crippen molar-refractivity contribution in [2.24, 2.45) is 0 Å². The fourth-order valence-corrected chi connectivity index (χ4v) is 3.55. The lowest BCUT2D eigenvalue weighted by molar-refractivity contribution is -0.164. The monoisotopic (exact) mass is 316 g/mol. The van der Waals surface area contributed by atoms with Crippen LogP contribution in [0.15, 0.2) is 36.4 Å². The van der Waals surface area contributed by atoms with E-state index in [0.717, 1.165) is 16.0 Å². The molecule has 0 saturated carbocycles. The van der Waals surface area contributed by atoms with Crippen LogP contribution >= 0.6 is 11.6 Å². The highest BCUT2D eigenvalue weighted by atomic mass is 35.5. The molecule has 0 radical (unpaired) electrons. The molecule has 0 bridgehead atoms. The normalized spacial score (nSPS) is 20.9. The molecule has 2 aromatic carbocycles. The Hall–Kier alpha value is -1.62. The quantitative estimate of drug-likeness (QED) is 0.923. The van der Waals surface area contributed by atoms with Gasteiger partial charge in [0.05, 0.1) is 25.3 Å². The van der Waals surface area contributed by atoms with E-state index in [-0.39, 0.29) is 11.4 Å². The summed E-state index contributed by atoms with van der Waals surface area (Å²) >= 11 is 6.27. The third-order valence-corrected chi connectivity index (χ3v) is 4.85. The van der Waals surface area contributed by atoms with Crippen LogP contribution < -0.4 is 5.32 Å². The number of fused-ring (bicyclic) bond motifs is 1. The van der Waals surface area contributed by atoms with Gasteiger partial charge in [-0.3, -0.25) is 9.69 Å². The van der Waals surface area contributed by atoms with E-state index in [1.165, 1.54) is 5.39 Å². The van der Waals surface area contributed by atoms with E-state index in [9.17, 15) is 4.79 Å². The van der Waals surface area contributed by atoms with Crippen molar-refractivity contribution < 1.29 is 9.53 Å². The molecule has 2 aromatic rings. The molecule has 4 rings (SSSR count). The van der Waals surface area contributed by atoms with Crippen molar-refractivity contribution in [1.29, 1.82) is 0 Å². The fraction of sp³-hybridized carbons (Fsp3) is 0.353. The molecule has 1 N–H and O–H groups in total. The third kappa shape index (κ3) is 2.28. The summed E-state index contributed by atoms with van der Waals surface area (Å²) in [6.07, 6.45) is 0. The molecule has 1 spiro atoms. The highest BCUT2D eigenvalue weighted by molar-refractivity contribution is 6.31. The van der Waals surface area contributed by atoms with E-state index in [1.807, 2.05) is 24.3 Å². The average molecular weight is 317 g/mol. The SMILES string of the molecule is O=C1CN(Cc2cc(Cl)cc3ccccc23)C2(CN1)COC2. The van der Waals surface area contributed by atoms with E-state index in [1.54, 1.807) is 0 Å². The Morgan fingerprint density at radius 1 is 1.27 bits per heavy atom. The molecular formula is C17H17ClN2O2. The van der Waals surface area contributed by atoms with Gasteiger partial charge in [0.15, 0.2) is 0 Å². The van der Waals surface area contributed by atoms with Gasteiger partial charge in [-0.1, -0.05) is 35.9 Å². The maximum atomic E-state index is 11.8. The first-order valence-corrected chi connectivity index (χ1v) is 7.81. The number of piperazine rings is 1. The topological polar surface area (TPSA) is 41.6 Å². The summed E-state index contributed by atoms with van der Waals surface area (Å²) in [5.74, 6) is 0.0730. The van der Waals surface area contributed by atoms with Crippen LogP contribution in [0.4, 0.5) is 0 Å². The molecule has 2 fully saturated rings. The van der Waals surface area contributed by atoms with Crippen molar-refractivity contribution >= 4 is 28.3 Å². The van der Waals surface area contributed by atoms with Crippen molar-refractivity contribution in [3.05, 3.63) is 47.0 Å². The van der Waals surface area contributed by atoms with Gasteiger partial charge in [0.2, 0.25) is 5.91 Å². The van der Waals surface area contributed by atoms with Gasteiger partial charge < -0.3 is 10.1 Å². The minimum Gasteiger partial charge on any atom is -0.377 e. The number of hydrogen-bond acceptors (Lipinski definition) is 3. The zero-order valence-corrected chi connectivity index (χ0v) is 12.9. The Morgan fingerprint density at radius 3 is 2.86 bits per heavy atom. The number of rotatable bonds is 2. The smallest absolute Gasteiger partial charge is 0.234 e. The molecule has 2 aliphatic heterocycles. The summed E-state index contributed by atoms with van der Waals surface area (Å²) in [5.41, 5.74) is 1.10. The van der Waals surface area contributed by atoms with Gasteiger partial charge >= 0.3 is 0 Å². The van der Waals surface area contributed by atoms with Gasteiger partial charge in [0.25, 0.3) is 0 Å². The lowest BCUT2D eigenvalue weighted by Crippen LogP contribution is -2.71. The Morgan fingerprint density at radius 2 is 2.09 bits per heavy atom. The molecule has 4 nitrogen and oxygen atoms in total. The Kier molecular flexibility index (Phi) is 3.33. The second-order valence-electron chi connectivity index (χ2n) is 6.14. The molecule has 2 aliphatic rings. The molecule has 1 amide bonds. The number of carbonyl (C=O) groups is 1. The maximum absolute atomic E-state index is 11.8. The van der Waals surface area contributed by atoms with Crippen LogP contribution in [0.5, 0.6) is 0 Å².